The highest BCUT2D eigenvalue weighted by Gasteiger charge is 2.24. The Morgan fingerprint density at radius 1 is 1.17 bits per heavy atom. The Balaban J connectivity index is 1.79. The summed E-state index contributed by atoms with van der Waals surface area (Å²) in [6.07, 6.45) is 8.09. The highest BCUT2D eigenvalue weighted by Crippen LogP contribution is 2.32. The number of hydrogen-bond acceptors (Lipinski definition) is 2. The van der Waals surface area contributed by atoms with Crippen molar-refractivity contribution in [3.05, 3.63) is 42.0 Å². The van der Waals surface area contributed by atoms with Crippen LogP contribution in [0, 0.1) is 5.41 Å². The highest BCUT2D eigenvalue weighted by molar-refractivity contribution is 5.26. The Morgan fingerprint density at radius 2 is 1.94 bits per heavy atom. The molecular formula is C16H22O2. The van der Waals surface area contributed by atoms with E-state index in [0.29, 0.717) is 12.0 Å². The molecule has 0 bridgehead atoms. The number of hydrogen-bond donors (Lipinski definition) is 0. The lowest BCUT2D eigenvalue weighted by molar-refractivity contribution is 0.0376. The molecule has 0 heterocycles. The second-order valence-electron chi connectivity index (χ2n) is 5.37. The monoisotopic (exact) mass is 246 g/mol. The maximum absolute atomic E-state index is 5.86. The van der Waals surface area contributed by atoms with Gasteiger partial charge in [-0.2, -0.15) is 0 Å². The van der Waals surface area contributed by atoms with E-state index in [-0.39, 0.29) is 0 Å². The minimum atomic E-state index is 0.321. The number of benzene rings is 1. The van der Waals surface area contributed by atoms with Crippen LogP contribution in [0.5, 0.6) is 5.75 Å². The zero-order chi connectivity index (χ0) is 12.8. The largest absolute Gasteiger partial charge is 0.497 e. The molecule has 0 fully saturated rings. The van der Waals surface area contributed by atoms with Crippen LogP contribution in [0.15, 0.2) is 36.4 Å². The van der Waals surface area contributed by atoms with E-state index < -0.39 is 0 Å². The summed E-state index contributed by atoms with van der Waals surface area (Å²) >= 11 is 0. The van der Waals surface area contributed by atoms with E-state index in [9.17, 15) is 0 Å². The molecule has 2 heteroatoms. The lowest BCUT2D eigenvalue weighted by Crippen LogP contribution is -2.24. The summed E-state index contributed by atoms with van der Waals surface area (Å²) in [4.78, 5) is 0. The third kappa shape index (κ3) is 3.61. The summed E-state index contributed by atoms with van der Waals surface area (Å²) < 4.78 is 11.0. The smallest absolute Gasteiger partial charge is 0.118 e. The summed E-state index contributed by atoms with van der Waals surface area (Å²) in [6, 6.07) is 8.07. The molecular weight excluding hydrogens is 224 g/mol. The molecule has 1 aliphatic carbocycles. The van der Waals surface area contributed by atoms with Crippen LogP contribution in [0.25, 0.3) is 0 Å². The lowest BCUT2D eigenvalue weighted by atomic mass is 9.80. The van der Waals surface area contributed by atoms with Crippen molar-refractivity contribution in [2.24, 2.45) is 5.41 Å². The quantitative estimate of drug-likeness (QED) is 0.732. The first-order valence-electron chi connectivity index (χ1n) is 6.58. The molecule has 18 heavy (non-hydrogen) atoms. The molecule has 0 radical (unpaired) electrons. The SMILES string of the molecule is COc1ccc(COCC2(C)CC=CCC2)cc1. The fraction of sp³-hybridized carbons (Fsp3) is 0.500. The Kier molecular flexibility index (Phi) is 4.43. The average molecular weight is 246 g/mol. The van der Waals surface area contributed by atoms with Crippen LogP contribution in [0.4, 0.5) is 0 Å². The number of methoxy groups -OCH3 is 1. The molecule has 1 atom stereocenters. The van der Waals surface area contributed by atoms with Gasteiger partial charge in [0.15, 0.2) is 0 Å². The Morgan fingerprint density at radius 3 is 2.56 bits per heavy atom. The molecule has 2 rings (SSSR count). The van der Waals surface area contributed by atoms with Crippen molar-refractivity contribution in [1.82, 2.24) is 0 Å². The van der Waals surface area contributed by atoms with Gasteiger partial charge in [0.1, 0.15) is 5.75 Å². The summed E-state index contributed by atoms with van der Waals surface area (Å²) in [5.74, 6) is 0.892. The molecule has 1 aliphatic rings. The minimum absolute atomic E-state index is 0.321. The van der Waals surface area contributed by atoms with Gasteiger partial charge >= 0.3 is 0 Å². The van der Waals surface area contributed by atoms with Crippen molar-refractivity contribution in [2.75, 3.05) is 13.7 Å². The zero-order valence-electron chi connectivity index (χ0n) is 11.3. The van der Waals surface area contributed by atoms with E-state index in [1.807, 2.05) is 12.1 Å². The Bertz CT molecular complexity index is 394. The van der Waals surface area contributed by atoms with E-state index in [1.54, 1.807) is 7.11 Å². The maximum Gasteiger partial charge on any atom is 0.118 e. The normalized spacial score (nSPS) is 23.0. The first-order valence-corrected chi connectivity index (χ1v) is 6.58. The molecule has 1 aromatic rings. The van der Waals surface area contributed by atoms with Gasteiger partial charge < -0.3 is 9.47 Å². The van der Waals surface area contributed by atoms with Crippen molar-refractivity contribution >= 4 is 0 Å². The van der Waals surface area contributed by atoms with Crippen LogP contribution in [0.3, 0.4) is 0 Å². The lowest BCUT2D eigenvalue weighted by Gasteiger charge is -2.30. The first kappa shape index (κ1) is 13.2. The summed E-state index contributed by atoms with van der Waals surface area (Å²) in [6.45, 7) is 3.83. The molecule has 0 saturated carbocycles. The molecule has 0 amide bonds. The van der Waals surface area contributed by atoms with Gasteiger partial charge in [0.2, 0.25) is 0 Å². The number of rotatable bonds is 5. The molecule has 0 aromatic heterocycles. The van der Waals surface area contributed by atoms with E-state index in [1.165, 1.54) is 18.4 Å². The van der Waals surface area contributed by atoms with Gasteiger partial charge in [-0.05, 0) is 42.4 Å². The molecule has 0 spiro atoms. The molecule has 0 aliphatic heterocycles. The maximum atomic E-state index is 5.86. The van der Waals surface area contributed by atoms with E-state index in [2.05, 4.69) is 31.2 Å². The van der Waals surface area contributed by atoms with Crippen LogP contribution in [-0.4, -0.2) is 13.7 Å². The topological polar surface area (TPSA) is 18.5 Å². The average Bonchev–Trinajstić information content (AvgIpc) is 2.40. The van der Waals surface area contributed by atoms with Crippen LogP contribution >= 0.6 is 0 Å². The van der Waals surface area contributed by atoms with E-state index in [0.717, 1.165) is 18.8 Å². The van der Waals surface area contributed by atoms with Gasteiger partial charge in [0.05, 0.1) is 20.3 Å². The summed E-state index contributed by atoms with van der Waals surface area (Å²) in [5.41, 5.74) is 1.52. The number of allylic oxidation sites excluding steroid dienone is 2. The minimum Gasteiger partial charge on any atom is -0.497 e. The van der Waals surface area contributed by atoms with Crippen LogP contribution in [0.1, 0.15) is 31.7 Å². The fourth-order valence-electron chi connectivity index (χ4n) is 2.29. The third-order valence-corrected chi connectivity index (χ3v) is 3.57. The van der Waals surface area contributed by atoms with Crippen molar-refractivity contribution in [3.8, 4) is 5.75 Å². The zero-order valence-corrected chi connectivity index (χ0v) is 11.3. The molecule has 0 saturated heterocycles. The summed E-state index contributed by atoms with van der Waals surface area (Å²) in [5, 5.41) is 0. The molecule has 98 valence electrons. The van der Waals surface area contributed by atoms with Gasteiger partial charge in [-0.15, -0.1) is 0 Å². The highest BCUT2D eigenvalue weighted by atomic mass is 16.5. The molecule has 1 unspecified atom stereocenters. The van der Waals surface area contributed by atoms with Crippen LogP contribution in [0.2, 0.25) is 0 Å². The standard InChI is InChI=1S/C16H22O2/c1-16(10-4-3-5-11-16)13-18-12-14-6-8-15(17-2)9-7-14/h3-4,6-9H,5,10-13H2,1-2H3. The molecule has 1 aromatic carbocycles. The van der Waals surface area contributed by atoms with Crippen molar-refractivity contribution in [3.63, 3.8) is 0 Å². The summed E-state index contributed by atoms with van der Waals surface area (Å²) in [7, 11) is 1.68. The van der Waals surface area contributed by atoms with Crippen LogP contribution < -0.4 is 4.74 Å². The predicted molar refractivity (Wildman–Crippen MR) is 73.7 cm³/mol. The Labute approximate surface area is 110 Å². The van der Waals surface area contributed by atoms with Crippen molar-refractivity contribution in [2.45, 2.75) is 32.8 Å². The predicted octanol–water partition coefficient (Wildman–Crippen LogP) is 3.96. The molecule has 0 N–H and O–H groups in total. The second kappa shape index (κ2) is 6.05. The van der Waals surface area contributed by atoms with Gasteiger partial charge in [-0.1, -0.05) is 31.2 Å². The fourth-order valence-corrected chi connectivity index (χ4v) is 2.29. The van der Waals surface area contributed by atoms with Gasteiger partial charge in [-0.25, -0.2) is 0 Å². The van der Waals surface area contributed by atoms with Gasteiger partial charge in [0, 0.05) is 0 Å². The Hall–Kier alpha value is -1.28. The van der Waals surface area contributed by atoms with Gasteiger partial charge in [-0.3, -0.25) is 0 Å². The third-order valence-electron chi connectivity index (χ3n) is 3.57. The van der Waals surface area contributed by atoms with E-state index in [4.69, 9.17) is 9.47 Å². The van der Waals surface area contributed by atoms with Crippen molar-refractivity contribution < 1.29 is 9.47 Å². The molecule has 2 nitrogen and oxygen atoms in total. The number of ether oxygens (including phenoxy) is 2. The first-order chi connectivity index (χ1) is 8.72. The van der Waals surface area contributed by atoms with Gasteiger partial charge in [0.25, 0.3) is 0 Å². The van der Waals surface area contributed by atoms with E-state index >= 15 is 0 Å². The van der Waals surface area contributed by atoms with Crippen LogP contribution in [-0.2, 0) is 11.3 Å². The second-order valence-corrected chi connectivity index (χ2v) is 5.37. The van der Waals surface area contributed by atoms with Crippen molar-refractivity contribution in [1.29, 1.82) is 0 Å².